The van der Waals surface area contributed by atoms with Crippen LogP contribution in [0.4, 0.5) is 16.2 Å². The second-order valence-corrected chi connectivity index (χ2v) is 10.2. The molecule has 11 nitrogen and oxygen atoms in total. The van der Waals surface area contributed by atoms with Crippen LogP contribution < -0.4 is 20.9 Å². The summed E-state index contributed by atoms with van der Waals surface area (Å²) in [7, 11) is 1.54. The van der Waals surface area contributed by atoms with E-state index in [-0.39, 0.29) is 18.5 Å². The Labute approximate surface area is 215 Å². The maximum absolute atomic E-state index is 14.4. The number of carbonyl (C=O) groups excluding carboxylic acids is 1. The third-order valence-electron chi connectivity index (χ3n) is 7.13. The lowest BCUT2D eigenvalue weighted by Gasteiger charge is -2.34. The Balaban J connectivity index is 1.29. The fraction of sp³-hybridized carbons (Fsp3) is 0.560. The van der Waals surface area contributed by atoms with E-state index in [0.717, 1.165) is 37.1 Å². The maximum Gasteiger partial charge on any atom is 0.272 e. The van der Waals surface area contributed by atoms with E-state index in [1.807, 2.05) is 24.8 Å². The molecule has 1 amide bonds. The predicted molar refractivity (Wildman–Crippen MR) is 138 cm³/mol. The molecule has 3 aromatic rings. The van der Waals surface area contributed by atoms with Gasteiger partial charge in [-0.25, -0.2) is 9.37 Å². The highest BCUT2D eigenvalue weighted by atomic mass is 19.1. The van der Waals surface area contributed by atoms with Crippen LogP contribution in [0.5, 0.6) is 0 Å². The zero-order chi connectivity index (χ0) is 26.0. The number of amides is 1. The number of hydrogen-bond donors (Lipinski definition) is 4. The molecule has 12 heteroatoms. The molecule has 2 saturated heterocycles. The number of methoxy groups -OCH3 is 1. The van der Waals surface area contributed by atoms with Crippen molar-refractivity contribution >= 4 is 28.6 Å². The Kier molecular flexibility index (Phi) is 7.20. The number of fused-ring (bicyclic) bond motifs is 1. The Morgan fingerprint density at radius 2 is 2.05 bits per heavy atom. The van der Waals surface area contributed by atoms with Crippen LogP contribution in [0.3, 0.4) is 0 Å². The van der Waals surface area contributed by atoms with Gasteiger partial charge < -0.3 is 25.6 Å². The van der Waals surface area contributed by atoms with E-state index >= 15 is 0 Å². The molecule has 4 N–H and O–H groups in total. The molecule has 0 aromatic carbocycles. The number of carbonyl (C=O) groups is 1. The molecule has 0 unspecified atom stereocenters. The van der Waals surface area contributed by atoms with Gasteiger partial charge in [0.05, 0.1) is 34.8 Å². The number of aromatic amines is 1. The Hall–Kier alpha value is -3.38. The summed E-state index contributed by atoms with van der Waals surface area (Å²) in [6.07, 6.45) is 4.25. The number of H-pyrrole nitrogens is 1. The Morgan fingerprint density at radius 3 is 2.81 bits per heavy atom. The molecule has 2 atom stereocenters. The Bertz CT molecular complexity index is 1240. The average Bonchev–Trinajstić information content (AvgIpc) is 3.33. The van der Waals surface area contributed by atoms with E-state index in [9.17, 15) is 9.18 Å². The standard InChI is InChI=1S/C25H34FN9O2/c1-25(2,32-21-6-10-28-24(31-21)35-11-7-19(37-3)17(26)14-35)20-12-18-16(13-29-20)22(34-33-18)23(36)30-15-4-8-27-9-5-15/h6,10,12-13,15,17,19,27H,4-5,7-9,11,14H2,1-3H3,(H,30,36)(H,33,34)(H,28,31,32)/t17-,19+/m1/s1. The zero-order valence-electron chi connectivity index (χ0n) is 21.4. The van der Waals surface area contributed by atoms with Gasteiger partial charge in [-0.15, -0.1) is 0 Å². The summed E-state index contributed by atoms with van der Waals surface area (Å²) in [4.78, 5) is 28.3. The van der Waals surface area contributed by atoms with E-state index in [4.69, 9.17) is 4.74 Å². The molecule has 37 heavy (non-hydrogen) atoms. The zero-order valence-corrected chi connectivity index (χ0v) is 21.4. The second kappa shape index (κ2) is 10.5. The van der Waals surface area contributed by atoms with Crippen molar-refractivity contribution in [3.8, 4) is 0 Å². The average molecular weight is 512 g/mol. The molecule has 2 aliphatic rings. The smallest absolute Gasteiger partial charge is 0.272 e. The van der Waals surface area contributed by atoms with Gasteiger partial charge in [0.15, 0.2) is 5.69 Å². The minimum atomic E-state index is -1.09. The first-order chi connectivity index (χ1) is 17.8. The predicted octanol–water partition coefficient (Wildman–Crippen LogP) is 2.14. The lowest BCUT2D eigenvalue weighted by Crippen LogP contribution is -2.46. The summed E-state index contributed by atoms with van der Waals surface area (Å²) in [5.41, 5.74) is 1.23. The Morgan fingerprint density at radius 1 is 1.24 bits per heavy atom. The highest BCUT2D eigenvalue weighted by Crippen LogP contribution is 2.28. The van der Waals surface area contributed by atoms with Crippen LogP contribution >= 0.6 is 0 Å². The molecule has 0 spiro atoms. The molecule has 3 aromatic heterocycles. The van der Waals surface area contributed by atoms with Gasteiger partial charge in [0.2, 0.25) is 5.95 Å². The van der Waals surface area contributed by atoms with Gasteiger partial charge in [-0.3, -0.25) is 14.9 Å². The molecule has 0 bridgehead atoms. The van der Waals surface area contributed by atoms with Gasteiger partial charge in [0.1, 0.15) is 12.0 Å². The van der Waals surface area contributed by atoms with E-state index in [0.29, 0.717) is 35.8 Å². The molecule has 0 aliphatic carbocycles. The van der Waals surface area contributed by atoms with E-state index < -0.39 is 17.8 Å². The van der Waals surface area contributed by atoms with Crippen molar-refractivity contribution in [1.82, 2.24) is 35.8 Å². The normalized spacial score (nSPS) is 21.2. The van der Waals surface area contributed by atoms with Gasteiger partial charge in [-0.2, -0.15) is 10.1 Å². The van der Waals surface area contributed by atoms with Crippen LogP contribution in [-0.4, -0.2) is 82.7 Å². The number of nitrogens with one attached hydrogen (secondary N) is 4. The molecule has 0 radical (unpaired) electrons. The largest absolute Gasteiger partial charge is 0.378 e. The number of nitrogens with zero attached hydrogens (tertiary/aromatic N) is 5. The highest BCUT2D eigenvalue weighted by Gasteiger charge is 2.31. The fourth-order valence-electron chi connectivity index (χ4n) is 4.93. The quantitative estimate of drug-likeness (QED) is 0.376. The molecule has 5 rings (SSSR count). The fourth-order valence-corrected chi connectivity index (χ4v) is 4.93. The lowest BCUT2D eigenvalue weighted by atomic mass is 9.99. The third-order valence-corrected chi connectivity index (χ3v) is 7.13. The van der Waals surface area contributed by atoms with Crippen molar-refractivity contribution in [2.75, 3.05) is 43.5 Å². The summed E-state index contributed by atoms with van der Waals surface area (Å²) in [6.45, 7) is 6.59. The monoisotopic (exact) mass is 511 g/mol. The van der Waals surface area contributed by atoms with Crippen molar-refractivity contribution in [1.29, 1.82) is 0 Å². The molecule has 198 valence electrons. The first-order valence-corrected chi connectivity index (χ1v) is 12.7. The summed E-state index contributed by atoms with van der Waals surface area (Å²) in [6, 6.07) is 3.82. The number of anilines is 2. The minimum Gasteiger partial charge on any atom is -0.378 e. The van der Waals surface area contributed by atoms with Gasteiger partial charge in [0.25, 0.3) is 5.91 Å². The van der Waals surface area contributed by atoms with E-state index in [2.05, 4.69) is 41.1 Å². The van der Waals surface area contributed by atoms with Gasteiger partial charge in [-0.05, 0) is 58.3 Å². The number of pyridine rings is 1. The van der Waals surface area contributed by atoms with Crippen LogP contribution in [0.15, 0.2) is 24.5 Å². The first kappa shape index (κ1) is 25.3. The molecule has 2 fully saturated rings. The van der Waals surface area contributed by atoms with Crippen LogP contribution in [0.2, 0.25) is 0 Å². The number of aromatic nitrogens is 5. The van der Waals surface area contributed by atoms with E-state index in [1.54, 1.807) is 18.5 Å². The van der Waals surface area contributed by atoms with Gasteiger partial charge in [0, 0.05) is 32.1 Å². The molecule has 0 saturated carbocycles. The lowest BCUT2D eigenvalue weighted by molar-refractivity contribution is 0.0194. The molecule has 5 heterocycles. The summed E-state index contributed by atoms with van der Waals surface area (Å²) >= 11 is 0. The summed E-state index contributed by atoms with van der Waals surface area (Å²) < 4.78 is 19.6. The number of halogens is 1. The molecular weight excluding hydrogens is 477 g/mol. The van der Waals surface area contributed by atoms with Crippen molar-refractivity contribution in [2.45, 2.75) is 57.0 Å². The number of rotatable bonds is 7. The first-order valence-electron chi connectivity index (χ1n) is 12.7. The van der Waals surface area contributed by atoms with Crippen LogP contribution in [-0.2, 0) is 10.3 Å². The van der Waals surface area contributed by atoms with Crippen molar-refractivity contribution < 1.29 is 13.9 Å². The van der Waals surface area contributed by atoms with Crippen molar-refractivity contribution in [2.24, 2.45) is 0 Å². The van der Waals surface area contributed by atoms with Crippen LogP contribution in [0.1, 0.15) is 49.3 Å². The van der Waals surface area contributed by atoms with Crippen molar-refractivity contribution in [3.63, 3.8) is 0 Å². The molecule has 2 aliphatic heterocycles. The number of hydrogen-bond acceptors (Lipinski definition) is 9. The SMILES string of the molecule is CO[C@H]1CCN(c2nccc(NC(C)(C)c3cc4[nH]nc(C(=O)NC5CCNCC5)c4cn3)n2)C[C@H]1F. The third kappa shape index (κ3) is 5.49. The highest BCUT2D eigenvalue weighted by molar-refractivity contribution is 6.04. The summed E-state index contributed by atoms with van der Waals surface area (Å²) in [5, 5.41) is 17.7. The topological polar surface area (TPSA) is 133 Å². The minimum absolute atomic E-state index is 0.149. The maximum atomic E-state index is 14.4. The van der Waals surface area contributed by atoms with Crippen LogP contribution in [0, 0.1) is 0 Å². The summed E-state index contributed by atoms with van der Waals surface area (Å²) in [5.74, 6) is 0.885. The van der Waals surface area contributed by atoms with Crippen LogP contribution in [0.25, 0.3) is 10.9 Å². The number of ether oxygens (including phenoxy) is 1. The molecular formula is C25H34FN9O2. The number of alkyl halides is 1. The van der Waals surface area contributed by atoms with Gasteiger partial charge >= 0.3 is 0 Å². The van der Waals surface area contributed by atoms with Crippen molar-refractivity contribution in [3.05, 3.63) is 35.9 Å². The van der Waals surface area contributed by atoms with Gasteiger partial charge in [-0.1, -0.05) is 0 Å². The van der Waals surface area contributed by atoms with E-state index in [1.165, 1.54) is 7.11 Å². The number of piperidine rings is 2. The second-order valence-electron chi connectivity index (χ2n) is 10.2.